The Morgan fingerprint density at radius 1 is 1.06 bits per heavy atom. The van der Waals surface area contributed by atoms with E-state index in [0.717, 1.165) is 17.5 Å². The molecular formula is C24H25N3O4. The maximum absolute atomic E-state index is 12.5. The quantitative estimate of drug-likeness (QED) is 0.680. The molecule has 2 heterocycles. The Labute approximate surface area is 180 Å². The third kappa shape index (κ3) is 4.94. The molecule has 31 heavy (non-hydrogen) atoms. The van der Waals surface area contributed by atoms with Crippen LogP contribution >= 0.6 is 0 Å². The van der Waals surface area contributed by atoms with Crippen molar-refractivity contribution in [3.05, 3.63) is 70.5 Å². The van der Waals surface area contributed by atoms with E-state index in [4.69, 9.17) is 9.47 Å². The van der Waals surface area contributed by atoms with Crippen molar-refractivity contribution >= 4 is 11.6 Å². The minimum absolute atomic E-state index is 0.177. The van der Waals surface area contributed by atoms with E-state index in [2.05, 4.69) is 24.3 Å². The van der Waals surface area contributed by atoms with Gasteiger partial charge in [-0.3, -0.25) is 9.59 Å². The molecule has 4 rings (SSSR count). The van der Waals surface area contributed by atoms with Gasteiger partial charge in [0.25, 0.3) is 5.56 Å². The van der Waals surface area contributed by atoms with Gasteiger partial charge >= 0.3 is 0 Å². The van der Waals surface area contributed by atoms with E-state index in [1.807, 2.05) is 42.5 Å². The van der Waals surface area contributed by atoms with Gasteiger partial charge < -0.3 is 14.8 Å². The molecule has 3 aromatic rings. The standard InChI is InChI=1S/C24H25N3O4/c1-16(2)17-5-3-6-19(13-17)25-23(28)15-27-24(29)10-8-20(26-27)18-7-9-21-22(14-18)31-12-4-11-30-21/h3,5-10,13-14,16H,4,11-12,15H2,1-2H3,(H,25,28). The summed E-state index contributed by atoms with van der Waals surface area (Å²) in [6.07, 6.45) is 0.822. The molecule has 0 saturated heterocycles. The first-order chi connectivity index (χ1) is 15.0. The van der Waals surface area contributed by atoms with Crippen LogP contribution in [-0.2, 0) is 11.3 Å². The SMILES string of the molecule is CC(C)c1cccc(NC(=O)Cn2nc(-c3ccc4c(c3)OCCCO4)ccc2=O)c1. The third-order valence-corrected chi connectivity index (χ3v) is 5.04. The molecule has 0 saturated carbocycles. The highest BCUT2D eigenvalue weighted by atomic mass is 16.5. The molecule has 7 nitrogen and oxygen atoms in total. The van der Waals surface area contributed by atoms with Gasteiger partial charge in [-0.25, -0.2) is 4.68 Å². The Morgan fingerprint density at radius 3 is 2.68 bits per heavy atom. The number of nitrogens with zero attached hydrogens (tertiary/aromatic N) is 2. The maximum atomic E-state index is 12.5. The minimum atomic E-state index is -0.343. The van der Waals surface area contributed by atoms with Gasteiger partial charge in [0.1, 0.15) is 6.54 Å². The molecule has 0 unspecified atom stereocenters. The largest absolute Gasteiger partial charge is 0.490 e. The number of fused-ring (bicyclic) bond motifs is 1. The average molecular weight is 419 g/mol. The van der Waals surface area contributed by atoms with Crippen molar-refractivity contribution in [1.82, 2.24) is 9.78 Å². The van der Waals surface area contributed by atoms with E-state index < -0.39 is 0 Å². The molecule has 2 aromatic carbocycles. The summed E-state index contributed by atoms with van der Waals surface area (Å²) in [5.41, 5.74) is 2.84. The lowest BCUT2D eigenvalue weighted by atomic mass is 10.0. The summed E-state index contributed by atoms with van der Waals surface area (Å²) in [7, 11) is 0. The Kier molecular flexibility index (Phi) is 6.02. The highest BCUT2D eigenvalue weighted by Crippen LogP contribution is 2.33. The zero-order valence-electron chi connectivity index (χ0n) is 17.6. The first-order valence-electron chi connectivity index (χ1n) is 10.4. The number of rotatable bonds is 5. The lowest BCUT2D eigenvalue weighted by Crippen LogP contribution is -2.29. The monoisotopic (exact) mass is 419 g/mol. The lowest BCUT2D eigenvalue weighted by Gasteiger charge is -2.12. The molecule has 0 spiro atoms. The van der Waals surface area contributed by atoms with Crippen LogP contribution in [0.3, 0.4) is 0 Å². The number of hydrogen-bond acceptors (Lipinski definition) is 5. The van der Waals surface area contributed by atoms with E-state index in [1.54, 1.807) is 6.07 Å². The van der Waals surface area contributed by atoms with Gasteiger partial charge in [-0.2, -0.15) is 5.10 Å². The predicted octanol–water partition coefficient (Wildman–Crippen LogP) is 3.83. The van der Waals surface area contributed by atoms with Crippen molar-refractivity contribution in [2.24, 2.45) is 0 Å². The molecule has 1 aliphatic heterocycles. The first kappa shape index (κ1) is 20.7. The van der Waals surface area contributed by atoms with E-state index in [1.165, 1.54) is 10.7 Å². The van der Waals surface area contributed by atoms with Gasteiger partial charge in [0, 0.05) is 23.7 Å². The zero-order chi connectivity index (χ0) is 21.8. The molecule has 0 fully saturated rings. The van der Waals surface area contributed by atoms with Crippen LogP contribution in [0.15, 0.2) is 59.4 Å². The second-order valence-corrected chi connectivity index (χ2v) is 7.75. The summed E-state index contributed by atoms with van der Waals surface area (Å²) in [6, 6.07) is 16.3. The molecule has 0 radical (unpaired) electrons. The fraction of sp³-hybridized carbons (Fsp3) is 0.292. The van der Waals surface area contributed by atoms with Crippen LogP contribution < -0.4 is 20.3 Å². The topological polar surface area (TPSA) is 82.5 Å². The van der Waals surface area contributed by atoms with Crippen molar-refractivity contribution in [2.45, 2.75) is 32.7 Å². The van der Waals surface area contributed by atoms with E-state index in [9.17, 15) is 9.59 Å². The first-order valence-corrected chi connectivity index (χ1v) is 10.4. The molecule has 160 valence electrons. The molecule has 0 atom stereocenters. The van der Waals surface area contributed by atoms with Crippen molar-refractivity contribution in [3.63, 3.8) is 0 Å². The van der Waals surface area contributed by atoms with Crippen molar-refractivity contribution in [3.8, 4) is 22.8 Å². The van der Waals surface area contributed by atoms with Crippen LogP contribution in [0.5, 0.6) is 11.5 Å². The van der Waals surface area contributed by atoms with Gasteiger partial charge in [0.15, 0.2) is 11.5 Å². The Balaban J connectivity index is 1.53. The van der Waals surface area contributed by atoms with Crippen LogP contribution in [0.2, 0.25) is 0 Å². The number of nitrogens with one attached hydrogen (secondary N) is 1. The smallest absolute Gasteiger partial charge is 0.267 e. The van der Waals surface area contributed by atoms with Crippen LogP contribution in [0, 0.1) is 0 Å². The van der Waals surface area contributed by atoms with Gasteiger partial charge in [0.05, 0.1) is 18.9 Å². The van der Waals surface area contributed by atoms with Crippen LogP contribution in [0.4, 0.5) is 5.69 Å². The number of ether oxygens (including phenoxy) is 2. The normalized spacial score (nSPS) is 13.0. The molecule has 0 bridgehead atoms. The minimum Gasteiger partial charge on any atom is -0.490 e. The predicted molar refractivity (Wildman–Crippen MR) is 119 cm³/mol. The number of hydrogen-bond donors (Lipinski definition) is 1. The Bertz CT molecular complexity index is 1150. The summed E-state index contributed by atoms with van der Waals surface area (Å²) >= 11 is 0. The summed E-state index contributed by atoms with van der Waals surface area (Å²) in [6.45, 7) is 5.21. The Hall–Kier alpha value is -3.61. The number of anilines is 1. The van der Waals surface area contributed by atoms with Crippen LogP contribution in [0.25, 0.3) is 11.3 Å². The van der Waals surface area contributed by atoms with E-state index in [-0.39, 0.29) is 18.0 Å². The molecule has 1 aliphatic rings. The fourth-order valence-corrected chi connectivity index (χ4v) is 3.35. The summed E-state index contributed by atoms with van der Waals surface area (Å²) in [4.78, 5) is 24.8. The average Bonchev–Trinajstić information content (AvgIpc) is 3.00. The lowest BCUT2D eigenvalue weighted by molar-refractivity contribution is -0.117. The maximum Gasteiger partial charge on any atom is 0.267 e. The molecular weight excluding hydrogens is 394 g/mol. The molecule has 7 heteroatoms. The second-order valence-electron chi connectivity index (χ2n) is 7.75. The van der Waals surface area contributed by atoms with Crippen LogP contribution in [0.1, 0.15) is 31.7 Å². The van der Waals surface area contributed by atoms with Gasteiger partial charge in [-0.05, 0) is 47.9 Å². The molecule has 1 amide bonds. The van der Waals surface area contributed by atoms with Gasteiger partial charge in [-0.15, -0.1) is 0 Å². The summed E-state index contributed by atoms with van der Waals surface area (Å²) in [5, 5.41) is 7.23. The van der Waals surface area contributed by atoms with Crippen LogP contribution in [-0.4, -0.2) is 28.9 Å². The Morgan fingerprint density at radius 2 is 1.87 bits per heavy atom. The number of aromatic nitrogens is 2. The van der Waals surface area contributed by atoms with Crippen molar-refractivity contribution < 1.29 is 14.3 Å². The number of benzene rings is 2. The van der Waals surface area contributed by atoms with Gasteiger partial charge in [-0.1, -0.05) is 26.0 Å². The summed E-state index contributed by atoms with van der Waals surface area (Å²) in [5.74, 6) is 1.38. The van der Waals surface area contributed by atoms with Gasteiger partial charge in [0.2, 0.25) is 5.91 Å². The number of carbonyl (C=O) groups excluding carboxylic acids is 1. The zero-order valence-corrected chi connectivity index (χ0v) is 17.6. The fourth-order valence-electron chi connectivity index (χ4n) is 3.35. The highest BCUT2D eigenvalue weighted by molar-refractivity contribution is 5.90. The number of amides is 1. The highest BCUT2D eigenvalue weighted by Gasteiger charge is 2.14. The third-order valence-electron chi connectivity index (χ3n) is 5.04. The van der Waals surface area contributed by atoms with Crippen molar-refractivity contribution in [2.75, 3.05) is 18.5 Å². The summed E-state index contributed by atoms with van der Waals surface area (Å²) < 4.78 is 12.6. The second kappa shape index (κ2) is 9.04. The molecule has 1 aromatic heterocycles. The van der Waals surface area contributed by atoms with E-state index >= 15 is 0 Å². The molecule has 0 aliphatic carbocycles. The van der Waals surface area contributed by atoms with Crippen molar-refractivity contribution in [1.29, 1.82) is 0 Å². The number of carbonyl (C=O) groups is 1. The van der Waals surface area contributed by atoms with E-state index in [0.29, 0.717) is 42.0 Å². The molecule has 1 N–H and O–H groups in total.